The SMILES string of the molecule is COc1cccc(CCNC(=O)C(C)Oc2cccc(F)c2)c1. The van der Waals surface area contributed by atoms with E-state index in [4.69, 9.17) is 9.47 Å². The van der Waals surface area contributed by atoms with Gasteiger partial charge in [0.15, 0.2) is 6.10 Å². The molecule has 0 aliphatic carbocycles. The van der Waals surface area contributed by atoms with E-state index >= 15 is 0 Å². The third-order valence-corrected chi connectivity index (χ3v) is 3.33. The number of amides is 1. The normalized spacial score (nSPS) is 11.6. The minimum atomic E-state index is -0.692. The molecule has 4 nitrogen and oxygen atoms in total. The molecule has 2 rings (SSSR count). The molecule has 5 heteroatoms. The average Bonchev–Trinajstić information content (AvgIpc) is 2.55. The molecule has 1 amide bonds. The summed E-state index contributed by atoms with van der Waals surface area (Å²) < 4.78 is 23.7. The lowest BCUT2D eigenvalue weighted by Crippen LogP contribution is -2.37. The highest BCUT2D eigenvalue weighted by Crippen LogP contribution is 2.14. The van der Waals surface area contributed by atoms with Gasteiger partial charge in [0.25, 0.3) is 5.91 Å². The van der Waals surface area contributed by atoms with Crippen molar-refractivity contribution in [2.45, 2.75) is 19.4 Å². The monoisotopic (exact) mass is 317 g/mol. The van der Waals surface area contributed by atoms with E-state index in [1.54, 1.807) is 20.1 Å². The highest BCUT2D eigenvalue weighted by molar-refractivity contribution is 5.80. The topological polar surface area (TPSA) is 47.6 Å². The van der Waals surface area contributed by atoms with E-state index in [-0.39, 0.29) is 5.91 Å². The second-order valence-corrected chi connectivity index (χ2v) is 5.11. The maximum Gasteiger partial charge on any atom is 0.260 e. The minimum Gasteiger partial charge on any atom is -0.497 e. The Morgan fingerprint density at radius 3 is 2.65 bits per heavy atom. The quantitative estimate of drug-likeness (QED) is 0.854. The third kappa shape index (κ3) is 5.29. The van der Waals surface area contributed by atoms with Crippen molar-refractivity contribution in [3.8, 4) is 11.5 Å². The number of hydrogen-bond acceptors (Lipinski definition) is 3. The zero-order valence-electron chi connectivity index (χ0n) is 13.2. The molecule has 0 bridgehead atoms. The van der Waals surface area contributed by atoms with Crippen molar-refractivity contribution in [1.82, 2.24) is 5.32 Å². The molecule has 0 saturated heterocycles. The van der Waals surface area contributed by atoms with Crippen LogP contribution in [-0.2, 0) is 11.2 Å². The average molecular weight is 317 g/mol. The molecule has 122 valence electrons. The fourth-order valence-electron chi connectivity index (χ4n) is 2.10. The van der Waals surface area contributed by atoms with Crippen molar-refractivity contribution in [1.29, 1.82) is 0 Å². The van der Waals surface area contributed by atoms with Gasteiger partial charge in [0.05, 0.1) is 7.11 Å². The van der Waals surface area contributed by atoms with Crippen LogP contribution in [0.15, 0.2) is 48.5 Å². The molecule has 0 spiro atoms. The Balaban J connectivity index is 1.79. The van der Waals surface area contributed by atoms with Crippen LogP contribution in [0.4, 0.5) is 4.39 Å². The van der Waals surface area contributed by atoms with Gasteiger partial charge in [-0.2, -0.15) is 0 Å². The molecule has 0 radical (unpaired) electrons. The number of nitrogens with one attached hydrogen (secondary N) is 1. The molecule has 0 aliphatic heterocycles. The second-order valence-electron chi connectivity index (χ2n) is 5.11. The standard InChI is InChI=1S/C18H20FNO3/c1-13(23-17-8-4-6-15(19)12-17)18(21)20-10-9-14-5-3-7-16(11-14)22-2/h3-8,11-13H,9-10H2,1-2H3,(H,20,21). The van der Waals surface area contributed by atoms with Gasteiger partial charge in [-0.3, -0.25) is 4.79 Å². The number of halogens is 1. The highest BCUT2D eigenvalue weighted by Gasteiger charge is 2.14. The first kappa shape index (κ1) is 16.8. The Bertz CT molecular complexity index is 660. The molecular formula is C18H20FNO3. The van der Waals surface area contributed by atoms with Gasteiger partial charge in [-0.15, -0.1) is 0 Å². The van der Waals surface area contributed by atoms with Gasteiger partial charge in [0, 0.05) is 12.6 Å². The van der Waals surface area contributed by atoms with Gasteiger partial charge in [0.2, 0.25) is 0 Å². The number of carbonyl (C=O) groups excluding carboxylic acids is 1. The van der Waals surface area contributed by atoms with Crippen LogP contribution in [-0.4, -0.2) is 25.7 Å². The van der Waals surface area contributed by atoms with Crippen molar-refractivity contribution in [3.63, 3.8) is 0 Å². The minimum absolute atomic E-state index is 0.239. The van der Waals surface area contributed by atoms with Crippen LogP contribution < -0.4 is 14.8 Å². The molecule has 1 N–H and O–H groups in total. The number of hydrogen-bond donors (Lipinski definition) is 1. The van der Waals surface area contributed by atoms with Gasteiger partial charge in [-0.25, -0.2) is 4.39 Å². The van der Waals surface area contributed by atoms with E-state index in [2.05, 4.69) is 5.32 Å². The summed E-state index contributed by atoms with van der Waals surface area (Å²) in [6.07, 6.45) is -0.00239. The van der Waals surface area contributed by atoms with Gasteiger partial charge in [0.1, 0.15) is 17.3 Å². The predicted octanol–water partition coefficient (Wildman–Crippen LogP) is 2.96. The number of rotatable bonds is 7. The van der Waals surface area contributed by atoms with Gasteiger partial charge < -0.3 is 14.8 Å². The summed E-state index contributed by atoms with van der Waals surface area (Å²) in [5.74, 6) is 0.488. The van der Waals surface area contributed by atoms with Crippen LogP contribution in [0.2, 0.25) is 0 Å². The summed E-state index contributed by atoms with van der Waals surface area (Å²) in [7, 11) is 1.62. The van der Waals surface area contributed by atoms with Crippen molar-refractivity contribution in [2.24, 2.45) is 0 Å². The molecule has 23 heavy (non-hydrogen) atoms. The van der Waals surface area contributed by atoms with E-state index in [1.165, 1.54) is 18.2 Å². The van der Waals surface area contributed by atoms with E-state index in [0.29, 0.717) is 18.7 Å². The Kier molecular flexibility index (Phi) is 5.97. The Morgan fingerprint density at radius 1 is 1.17 bits per heavy atom. The summed E-state index contributed by atoms with van der Waals surface area (Å²) in [5.41, 5.74) is 1.07. The maximum absolute atomic E-state index is 13.1. The van der Waals surface area contributed by atoms with Crippen LogP contribution in [0, 0.1) is 5.82 Å². The smallest absolute Gasteiger partial charge is 0.260 e. The van der Waals surface area contributed by atoms with Crippen molar-refractivity contribution < 1.29 is 18.7 Å². The molecule has 0 aromatic heterocycles. The first-order valence-electron chi connectivity index (χ1n) is 7.41. The molecule has 0 saturated carbocycles. The third-order valence-electron chi connectivity index (χ3n) is 3.33. The molecule has 2 aromatic carbocycles. The summed E-state index contributed by atoms with van der Waals surface area (Å²) in [6, 6.07) is 13.4. The van der Waals surface area contributed by atoms with Gasteiger partial charge in [-0.05, 0) is 43.2 Å². The van der Waals surface area contributed by atoms with Crippen molar-refractivity contribution >= 4 is 5.91 Å². The van der Waals surface area contributed by atoms with Crippen molar-refractivity contribution in [3.05, 3.63) is 59.9 Å². The van der Waals surface area contributed by atoms with Gasteiger partial charge >= 0.3 is 0 Å². The molecule has 0 aliphatic rings. The molecular weight excluding hydrogens is 297 g/mol. The predicted molar refractivity (Wildman–Crippen MR) is 86.2 cm³/mol. The molecule has 2 aromatic rings. The van der Waals surface area contributed by atoms with Gasteiger partial charge in [-0.1, -0.05) is 18.2 Å². The van der Waals surface area contributed by atoms with Crippen molar-refractivity contribution in [2.75, 3.05) is 13.7 Å². The molecule has 1 unspecified atom stereocenters. The van der Waals surface area contributed by atoms with Crippen LogP contribution in [0.5, 0.6) is 11.5 Å². The lowest BCUT2D eigenvalue weighted by atomic mass is 10.1. The first-order valence-corrected chi connectivity index (χ1v) is 7.41. The van der Waals surface area contributed by atoms with E-state index in [9.17, 15) is 9.18 Å². The maximum atomic E-state index is 13.1. The van der Waals surface area contributed by atoms with Crippen LogP contribution in [0.1, 0.15) is 12.5 Å². The largest absolute Gasteiger partial charge is 0.497 e. The number of methoxy groups -OCH3 is 1. The molecule has 0 fully saturated rings. The Morgan fingerprint density at radius 2 is 1.91 bits per heavy atom. The fourth-order valence-corrected chi connectivity index (χ4v) is 2.10. The van der Waals surface area contributed by atoms with Crippen LogP contribution >= 0.6 is 0 Å². The fraction of sp³-hybridized carbons (Fsp3) is 0.278. The molecule has 0 heterocycles. The van der Waals surface area contributed by atoms with Crippen LogP contribution in [0.25, 0.3) is 0 Å². The Labute approximate surface area is 135 Å². The zero-order chi connectivity index (χ0) is 16.7. The van der Waals surface area contributed by atoms with E-state index in [1.807, 2.05) is 24.3 Å². The van der Waals surface area contributed by atoms with Crippen LogP contribution in [0.3, 0.4) is 0 Å². The number of ether oxygens (including phenoxy) is 2. The summed E-state index contributed by atoms with van der Waals surface area (Å²) in [5, 5.41) is 2.80. The summed E-state index contributed by atoms with van der Waals surface area (Å²) in [4.78, 5) is 12.0. The lowest BCUT2D eigenvalue weighted by molar-refractivity contribution is -0.127. The van der Waals surface area contributed by atoms with E-state index in [0.717, 1.165) is 11.3 Å². The molecule has 1 atom stereocenters. The number of benzene rings is 2. The zero-order valence-corrected chi connectivity index (χ0v) is 13.2. The second kappa shape index (κ2) is 8.17. The van der Waals surface area contributed by atoms with E-state index < -0.39 is 11.9 Å². The highest BCUT2D eigenvalue weighted by atomic mass is 19.1. The first-order chi connectivity index (χ1) is 11.1. The summed E-state index contributed by atoms with van der Waals surface area (Å²) in [6.45, 7) is 2.12. The Hall–Kier alpha value is -2.56. The number of carbonyl (C=O) groups is 1. The lowest BCUT2D eigenvalue weighted by Gasteiger charge is -2.14. The summed E-state index contributed by atoms with van der Waals surface area (Å²) >= 11 is 0.